The number of amides is 1. The van der Waals surface area contributed by atoms with Crippen LogP contribution < -0.4 is 10.6 Å². The SMILES string of the molecule is Cc1ccc(NC(=O)CNC(C)c2ccc(Cl)cc2)cc1. The Hall–Kier alpha value is -1.84. The van der Waals surface area contributed by atoms with E-state index in [0.29, 0.717) is 5.02 Å². The van der Waals surface area contributed by atoms with Crippen LogP contribution in [-0.2, 0) is 4.79 Å². The average Bonchev–Trinajstić information content (AvgIpc) is 2.48. The van der Waals surface area contributed by atoms with Gasteiger partial charge in [-0.2, -0.15) is 0 Å². The third-order valence-corrected chi connectivity index (χ3v) is 3.53. The molecule has 0 radical (unpaired) electrons. The van der Waals surface area contributed by atoms with Gasteiger partial charge >= 0.3 is 0 Å². The number of carbonyl (C=O) groups is 1. The van der Waals surface area contributed by atoms with E-state index in [-0.39, 0.29) is 18.5 Å². The smallest absolute Gasteiger partial charge is 0.238 e. The van der Waals surface area contributed by atoms with E-state index in [1.165, 1.54) is 5.56 Å². The minimum Gasteiger partial charge on any atom is -0.325 e. The van der Waals surface area contributed by atoms with Gasteiger partial charge in [0.15, 0.2) is 0 Å². The number of benzene rings is 2. The zero-order valence-corrected chi connectivity index (χ0v) is 12.9. The minimum absolute atomic E-state index is 0.0559. The van der Waals surface area contributed by atoms with Gasteiger partial charge in [0.25, 0.3) is 0 Å². The molecule has 2 rings (SSSR count). The molecule has 0 bridgehead atoms. The van der Waals surface area contributed by atoms with Gasteiger partial charge in [-0.05, 0) is 43.7 Å². The van der Waals surface area contributed by atoms with Gasteiger partial charge in [0, 0.05) is 16.8 Å². The Bertz CT molecular complexity index is 593. The van der Waals surface area contributed by atoms with Crippen molar-refractivity contribution in [2.24, 2.45) is 0 Å². The van der Waals surface area contributed by atoms with Crippen LogP contribution in [-0.4, -0.2) is 12.5 Å². The number of carbonyl (C=O) groups excluding carboxylic acids is 1. The van der Waals surface area contributed by atoms with Gasteiger partial charge in [0.05, 0.1) is 6.54 Å². The Morgan fingerprint density at radius 2 is 1.71 bits per heavy atom. The van der Waals surface area contributed by atoms with E-state index in [1.807, 2.05) is 62.4 Å². The maximum atomic E-state index is 11.9. The lowest BCUT2D eigenvalue weighted by Gasteiger charge is -2.14. The van der Waals surface area contributed by atoms with E-state index in [4.69, 9.17) is 11.6 Å². The van der Waals surface area contributed by atoms with Gasteiger partial charge in [0.1, 0.15) is 0 Å². The summed E-state index contributed by atoms with van der Waals surface area (Å²) in [5, 5.41) is 6.77. The van der Waals surface area contributed by atoms with Gasteiger partial charge in [-0.3, -0.25) is 4.79 Å². The number of hydrogen-bond acceptors (Lipinski definition) is 2. The molecular weight excluding hydrogens is 284 g/mol. The van der Waals surface area contributed by atoms with Gasteiger partial charge in [-0.25, -0.2) is 0 Å². The summed E-state index contributed by atoms with van der Waals surface area (Å²) < 4.78 is 0. The number of hydrogen-bond donors (Lipinski definition) is 2. The van der Waals surface area contributed by atoms with E-state index < -0.39 is 0 Å². The molecule has 21 heavy (non-hydrogen) atoms. The van der Waals surface area contributed by atoms with Gasteiger partial charge < -0.3 is 10.6 Å². The van der Waals surface area contributed by atoms with Gasteiger partial charge in [-0.15, -0.1) is 0 Å². The number of anilines is 1. The predicted molar refractivity (Wildman–Crippen MR) is 87.7 cm³/mol. The Morgan fingerprint density at radius 3 is 2.33 bits per heavy atom. The van der Waals surface area contributed by atoms with Crippen molar-refractivity contribution < 1.29 is 4.79 Å². The molecule has 0 saturated carbocycles. The molecule has 1 amide bonds. The van der Waals surface area contributed by atoms with Crippen LogP contribution in [0.15, 0.2) is 48.5 Å². The first kappa shape index (κ1) is 15.5. The molecule has 0 heterocycles. The molecule has 4 heteroatoms. The molecule has 2 aromatic carbocycles. The maximum absolute atomic E-state index is 11.9. The minimum atomic E-state index is -0.0559. The highest BCUT2D eigenvalue weighted by atomic mass is 35.5. The van der Waals surface area contributed by atoms with Crippen LogP contribution in [0.1, 0.15) is 24.1 Å². The van der Waals surface area contributed by atoms with Crippen LogP contribution in [0.4, 0.5) is 5.69 Å². The van der Waals surface area contributed by atoms with E-state index in [1.54, 1.807) is 0 Å². The van der Waals surface area contributed by atoms with E-state index >= 15 is 0 Å². The summed E-state index contributed by atoms with van der Waals surface area (Å²) in [5.74, 6) is -0.0559. The number of rotatable bonds is 5. The fraction of sp³-hybridized carbons (Fsp3) is 0.235. The molecule has 110 valence electrons. The van der Waals surface area contributed by atoms with Crippen LogP contribution >= 0.6 is 11.6 Å². The molecule has 0 aromatic heterocycles. The Morgan fingerprint density at radius 1 is 1.10 bits per heavy atom. The molecule has 0 saturated heterocycles. The molecule has 0 fully saturated rings. The number of aryl methyl sites for hydroxylation is 1. The molecule has 2 N–H and O–H groups in total. The average molecular weight is 303 g/mol. The standard InChI is InChI=1S/C17H19ClN2O/c1-12-3-9-16(10-4-12)20-17(21)11-19-13(2)14-5-7-15(18)8-6-14/h3-10,13,19H,11H2,1-2H3,(H,20,21). The van der Waals surface area contributed by atoms with Crippen LogP contribution in [0.25, 0.3) is 0 Å². The second-order valence-electron chi connectivity index (χ2n) is 5.07. The zero-order valence-electron chi connectivity index (χ0n) is 12.2. The summed E-state index contributed by atoms with van der Waals surface area (Å²) in [6, 6.07) is 15.4. The largest absolute Gasteiger partial charge is 0.325 e. The molecule has 0 aliphatic heterocycles. The normalized spacial score (nSPS) is 12.0. The van der Waals surface area contributed by atoms with Crippen molar-refractivity contribution in [3.8, 4) is 0 Å². The second kappa shape index (κ2) is 7.25. The fourth-order valence-corrected chi connectivity index (χ4v) is 2.08. The molecule has 1 unspecified atom stereocenters. The van der Waals surface area contributed by atoms with Crippen LogP contribution in [0.3, 0.4) is 0 Å². The lowest BCUT2D eigenvalue weighted by atomic mass is 10.1. The second-order valence-corrected chi connectivity index (χ2v) is 5.50. The topological polar surface area (TPSA) is 41.1 Å². The summed E-state index contributed by atoms with van der Waals surface area (Å²) in [7, 11) is 0. The molecule has 0 spiro atoms. The number of halogens is 1. The van der Waals surface area contributed by atoms with Gasteiger partial charge in [0.2, 0.25) is 5.91 Å². The molecule has 2 aromatic rings. The summed E-state index contributed by atoms with van der Waals surface area (Å²) in [6.07, 6.45) is 0. The Balaban J connectivity index is 1.83. The summed E-state index contributed by atoms with van der Waals surface area (Å²) in [4.78, 5) is 11.9. The van der Waals surface area contributed by atoms with Crippen molar-refractivity contribution in [2.45, 2.75) is 19.9 Å². The van der Waals surface area contributed by atoms with Crippen molar-refractivity contribution in [3.63, 3.8) is 0 Å². The highest BCUT2D eigenvalue weighted by molar-refractivity contribution is 6.30. The quantitative estimate of drug-likeness (QED) is 0.878. The van der Waals surface area contributed by atoms with E-state index in [2.05, 4.69) is 10.6 Å². The van der Waals surface area contributed by atoms with Crippen molar-refractivity contribution in [1.82, 2.24) is 5.32 Å². The molecule has 1 atom stereocenters. The number of nitrogens with one attached hydrogen (secondary N) is 2. The maximum Gasteiger partial charge on any atom is 0.238 e. The summed E-state index contributed by atoms with van der Waals surface area (Å²) in [6.45, 7) is 4.29. The van der Waals surface area contributed by atoms with Crippen molar-refractivity contribution in [1.29, 1.82) is 0 Å². The predicted octanol–water partition coefficient (Wildman–Crippen LogP) is 3.94. The zero-order chi connectivity index (χ0) is 15.2. The Labute approximate surface area is 130 Å². The summed E-state index contributed by atoms with van der Waals surface area (Å²) >= 11 is 5.86. The lowest BCUT2D eigenvalue weighted by molar-refractivity contribution is -0.115. The van der Waals surface area contributed by atoms with Crippen LogP contribution in [0.2, 0.25) is 5.02 Å². The molecular formula is C17H19ClN2O. The van der Waals surface area contributed by atoms with Crippen molar-refractivity contribution in [2.75, 3.05) is 11.9 Å². The first-order chi connectivity index (χ1) is 10.0. The highest BCUT2D eigenvalue weighted by Gasteiger charge is 2.08. The van der Waals surface area contributed by atoms with E-state index in [9.17, 15) is 4.79 Å². The van der Waals surface area contributed by atoms with Crippen LogP contribution in [0, 0.1) is 6.92 Å². The fourth-order valence-electron chi connectivity index (χ4n) is 1.96. The van der Waals surface area contributed by atoms with Crippen molar-refractivity contribution in [3.05, 3.63) is 64.7 Å². The third-order valence-electron chi connectivity index (χ3n) is 3.27. The molecule has 3 nitrogen and oxygen atoms in total. The van der Waals surface area contributed by atoms with Gasteiger partial charge in [-0.1, -0.05) is 41.4 Å². The highest BCUT2D eigenvalue weighted by Crippen LogP contribution is 2.15. The van der Waals surface area contributed by atoms with Crippen molar-refractivity contribution >= 4 is 23.2 Å². The first-order valence-electron chi connectivity index (χ1n) is 6.90. The molecule has 0 aliphatic rings. The monoisotopic (exact) mass is 302 g/mol. The van der Waals surface area contributed by atoms with E-state index in [0.717, 1.165) is 11.3 Å². The third kappa shape index (κ3) is 4.88. The lowest BCUT2D eigenvalue weighted by Crippen LogP contribution is -2.30. The Kier molecular flexibility index (Phi) is 5.37. The summed E-state index contributed by atoms with van der Waals surface area (Å²) in [5.41, 5.74) is 3.08. The van der Waals surface area contributed by atoms with Crippen LogP contribution in [0.5, 0.6) is 0 Å². The first-order valence-corrected chi connectivity index (χ1v) is 7.28. The molecule has 0 aliphatic carbocycles.